The highest BCUT2D eigenvalue weighted by Crippen LogP contribution is 1.99. The molecule has 0 aromatic heterocycles. The Morgan fingerprint density at radius 2 is 1.62 bits per heavy atom. The lowest BCUT2D eigenvalue weighted by molar-refractivity contribution is -0.231. The Balaban J connectivity index is 0.000000252. The van der Waals surface area contributed by atoms with Gasteiger partial charge in [-0.3, -0.25) is 5.26 Å². The molecule has 2 nitrogen and oxygen atoms in total. The van der Waals surface area contributed by atoms with E-state index >= 15 is 0 Å². The minimum atomic E-state index is 0.208. The first-order chi connectivity index (χ1) is 6.20. The van der Waals surface area contributed by atoms with Crippen LogP contribution < -0.4 is 0 Å². The van der Waals surface area contributed by atoms with Gasteiger partial charge in [0.1, 0.15) is 0 Å². The van der Waals surface area contributed by atoms with Crippen molar-refractivity contribution in [1.29, 1.82) is 0 Å². The summed E-state index contributed by atoms with van der Waals surface area (Å²) in [6, 6.07) is 8.48. The van der Waals surface area contributed by atoms with Crippen molar-refractivity contribution in [2.24, 2.45) is 0 Å². The van der Waals surface area contributed by atoms with Crippen LogP contribution in [-0.4, -0.2) is 11.9 Å². The summed E-state index contributed by atoms with van der Waals surface area (Å²) in [5.74, 6) is 0. The summed E-state index contributed by atoms with van der Waals surface area (Å²) in [5, 5.41) is 7.50. The average Bonchev–Trinajstić information content (AvgIpc) is 2.13. The number of hydrogen-bond acceptors (Lipinski definition) is 2. The molecule has 72 valence electrons. The smallest absolute Gasteiger partial charge is 0.0998 e. The number of hydrogen-bond donors (Lipinski definition) is 1. The minimum absolute atomic E-state index is 0.208. The highest BCUT2D eigenvalue weighted by molar-refractivity contribution is 5.19. The molecule has 1 aromatic carbocycles. The monoisotopic (exact) mass is 180 g/mol. The zero-order chi connectivity index (χ0) is 10.1. The topological polar surface area (TPSA) is 29.5 Å². The second-order valence-corrected chi connectivity index (χ2v) is 2.74. The lowest BCUT2D eigenvalue weighted by Gasteiger charge is -1.90. The van der Waals surface area contributed by atoms with Gasteiger partial charge in [-0.05, 0) is 13.8 Å². The number of benzene rings is 1. The van der Waals surface area contributed by atoms with Crippen molar-refractivity contribution in [3.63, 3.8) is 0 Å². The van der Waals surface area contributed by atoms with Gasteiger partial charge >= 0.3 is 0 Å². The van der Waals surface area contributed by atoms with E-state index in [9.17, 15) is 0 Å². The summed E-state index contributed by atoms with van der Waals surface area (Å²) >= 11 is 0. The Kier molecular flexibility index (Phi) is 6.88. The summed E-state index contributed by atoms with van der Waals surface area (Å²) < 4.78 is 0. The van der Waals surface area contributed by atoms with Crippen LogP contribution in [0.3, 0.4) is 0 Å². The molecule has 0 saturated heterocycles. The molecule has 0 unspecified atom stereocenters. The fraction of sp³-hybridized carbons (Fsp3) is 0.273. The van der Waals surface area contributed by atoms with Gasteiger partial charge in [-0.2, -0.15) is 0 Å². The van der Waals surface area contributed by atoms with Gasteiger partial charge in [0.25, 0.3) is 0 Å². The van der Waals surface area contributed by atoms with Crippen LogP contribution in [0.25, 0.3) is 0 Å². The van der Waals surface area contributed by atoms with Crippen molar-refractivity contribution >= 4 is 0 Å². The Bertz CT molecular complexity index is 205. The fourth-order valence-corrected chi connectivity index (χ4v) is 0.690. The van der Waals surface area contributed by atoms with Crippen molar-refractivity contribution in [2.45, 2.75) is 13.8 Å². The van der Waals surface area contributed by atoms with E-state index in [1.165, 1.54) is 17.2 Å². The van der Waals surface area contributed by atoms with Crippen LogP contribution in [0.5, 0.6) is 0 Å². The Hall–Kier alpha value is -1.12. The molecule has 0 fully saturated rings. The van der Waals surface area contributed by atoms with Crippen LogP contribution in [0, 0.1) is 13.8 Å². The number of aryl methyl sites for hydroxylation is 2. The van der Waals surface area contributed by atoms with E-state index in [1.54, 1.807) is 0 Å². The highest BCUT2D eigenvalue weighted by Gasteiger charge is 1.79. The molecule has 0 atom stereocenters. The maximum Gasteiger partial charge on any atom is 0.0998 e. The van der Waals surface area contributed by atoms with Crippen molar-refractivity contribution in [1.82, 2.24) is 0 Å². The van der Waals surface area contributed by atoms with Crippen LogP contribution in [0.15, 0.2) is 36.9 Å². The maximum absolute atomic E-state index is 7.50. The normalized spacial score (nSPS) is 8.54. The van der Waals surface area contributed by atoms with Crippen LogP contribution in [-0.2, 0) is 4.89 Å². The van der Waals surface area contributed by atoms with Gasteiger partial charge in [0.05, 0.1) is 6.61 Å². The van der Waals surface area contributed by atoms with Crippen LogP contribution in [0.2, 0.25) is 0 Å². The Morgan fingerprint density at radius 3 is 1.77 bits per heavy atom. The van der Waals surface area contributed by atoms with Crippen molar-refractivity contribution in [3.05, 3.63) is 48.0 Å². The molecule has 13 heavy (non-hydrogen) atoms. The minimum Gasteiger partial charge on any atom is -0.252 e. The van der Waals surface area contributed by atoms with Crippen LogP contribution in [0.1, 0.15) is 11.1 Å². The molecule has 1 rings (SSSR count). The molecule has 0 aliphatic heterocycles. The van der Waals surface area contributed by atoms with E-state index in [0.717, 1.165) is 0 Å². The molecule has 0 radical (unpaired) electrons. The van der Waals surface area contributed by atoms with E-state index < -0.39 is 0 Å². The molecular weight excluding hydrogens is 164 g/mol. The molecule has 0 heterocycles. The maximum atomic E-state index is 7.50. The van der Waals surface area contributed by atoms with Gasteiger partial charge in [-0.25, -0.2) is 4.89 Å². The fourth-order valence-electron chi connectivity index (χ4n) is 0.690. The van der Waals surface area contributed by atoms with Gasteiger partial charge < -0.3 is 0 Å². The standard InChI is InChI=1S/C8H10.C3H6O2/c1-7-3-5-8(2)6-4-7;1-2-3-5-4/h3-6H,1-2H3;2,4H,1,3H2. The molecule has 0 saturated carbocycles. The SMILES string of the molecule is C=CCOO.Cc1ccc(C)cc1. The molecule has 0 aliphatic carbocycles. The highest BCUT2D eigenvalue weighted by atomic mass is 17.1. The first-order valence-corrected chi connectivity index (χ1v) is 4.11. The lowest BCUT2D eigenvalue weighted by Crippen LogP contribution is -1.77. The zero-order valence-electron chi connectivity index (χ0n) is 8.16. The summed E-state index contributed by atoms with van der Waals surface area (Å²) in [6.45, 7) is 7.67. The third-order valence-electron chi connectivity index (χ3n) is 1.41. The quantitative estimate of drug-likeness (QED) is 0.430. The van der Waals surface area contributed by atoms with E-state index in [1.807, 2.05) is 0 Å². The van der Waals surface area contributed by atoms with E-state index in [-0.39, 0.29) is 6.61 Å². The first-order valence-electron chi connectivity index (χ1n) is 4.11. The van der Waals surface area contributed by atoms with Gasteiger partial charge in [-0.1, -0.05) is 41.5 Å². The third kappa shape index (κ3) is 7.25. The van der Waals surface area contributed by atoms with Crippen molar-refractivity contribution < 1.29 is 10.1 Å². The summed E-state index contributed by atoms with van der Waals surface area (Å²) in [7, 11) is 0. The Labute approximate surface area is 79.4 Å². The predicted octanol–water partition coefficient (Wildman–Crippen LogP) is 2.97. The van der Waals surface area contributed by atoms with Gasteiger partial charge in [0.15, 0.2) is 0 Å². The van der Waals surface area contributed by atoms with E-state index in [2.05, 4.69) is 49.6 Å². The predicted molar refractivity (Wildman–Crippen MR) is 54.7 cm³/mol. The van der Waals surface area contributed by atoms with Crippen molar-refractivity contribution in [2.75, 3.05) is 6.61 Å². The molecule has 0 spiro atoms. The van der Waals surface area contributed by atoms with Crippen LogP contribution >= 0.6 is 0 Å². The second-order valence-electron chi connectivity index (χ2n) is 2.74. The molecule has 2 heteroatoms. The summed E-state index contributed by atoms with van der Waals surface area (Å²) in [5.41, 5.74) is 2.66. The summed E-state index contributed by atoms with van der Waals surface area (Å²) in [4.78, 5) is 3.57. The Morgan fingerprint density at radius 1 is 1.23 bits per heavy atom. The lowest BCUT2D eigenvalue weighted by atomic mass is 10.2. The average molecular weight is 180 g/mol. The molecule has 0 aliphatic rings. The number of rotatable bonds is 2. The van der Waals surface area contributed by atoms with E-state index in [4.69, 9.17) is 5.26 Å². The first kappa shape index (κ1) is 11.9. The molecule has 0 bridgehead atoms. The molecule has 0 amide bonds. The zero-order valence-corrected chi connectivity index (χ0v) is 8.16. The molecule has 1 N–H and O–H groups in total. The van der Waals surface area contributed by atoms with Gasteiger partial charge in [0.2, 0.25) is 0 Å². The third-order valence-corrected chi connectivity index (χ3v) is 1.41. The van der Waals surface area contributed by atoms with E-state index in [0.29, 0.717) is 0 Å². The van der Waals surface area contributed by atoms with Crippen molar-refractivity contribution in [3.8, 4) is 0 Å². The summed E-state index contributed by atoms with van der Waals surface area (Å²) in [6.07, 6.45) is 1.46. The van der Waals surface area contributed by atoms with Gasteiger partial charge in [0, 0.05) is 0 Å². The molecule has 1 aromatic rings. The molecular formula is C11H16O2. The van der Waals surface area contributed by atoms with Crippen LogP contribution in [0.4, 0.5) is 0 Å². The second kappa shape index (κ2) is 7.53. The van der Waals surface area contributed by atoms with Gasteiger partial charge in [-0.15, -0.1) is 6.58 Å². The largest absolute Gasteiger partial charge is 0.252 e.